The molecule has 0 aliphatic carbocycles. The predicted molar refractivity (Wildman–Crippen MR) is 9.13 cm³/mol. The van der Waals surface area contributed by atoms with E-state index in [0.29, 0.717) is 0 Å². The Morgan fingerprint density at radius 3 is 1.00 bits per heavy atom. The van der Waals surface area contributed by atoms with Gasteiger partial charge < -0.3 is 5.48 Å². The Morgan fingerprint density at radius 1 is 1.00 bits per heavy atom. The lowest BCUT2D eigenvalue weighted by atomic mass is 15.4. The smallest absolute Gasteiger partial charge is 0.0209 e. The Bertz CT molecular complexity index is 5.51. The number of rotatable bonds is 0. The van der Waals surface area contributed by atoms with Gasteiger partial charge in [-0.3, -0.25) is 0 Å². The van der Waals surface area contributed by atoms with Gasteiger partial charge in [-0.25, -0.2) is 0 Å². The van der Waals surface area contributed by atoms with E-state index in [1.807, 2.05) is 0 Å². The summed E-state index contributed by atoms with van der Waals surface area (Å²) in [5, 5.41) is 1.25. The van der Waals surface area contributed by atoms with E-state index in [0.717, 1.165) is 0 Å². The van der Waals surface area contributed by atoms with E-state index >= 15 is 0 Å². The highest BCUT2D eigenvalue weighted by Crippen LogP contribution is 1.61. The van der Waals surface area contributed by atoms with Gasteiger partial charge in [0.05, 0.1) is 0 Å². The second kappa shape index (κ2) is 150. The molecule has 0 atom stereocenters. The lowest BCUT2D eigenvalue weighted by molar-refractivity contribution is -0.317. The summed E-state index contributed by atoms with van der Waals surface area (Å²) in [4.78, 5) is 0. The van der Waals surface area contributed by atoms with Crippen LogP contribution >= 0.6 is 0 Å². The lowest BCUT2D eigenvalue weighted by Crippen LogP contribution is -1.26. The van der Waals surface area contributed by atoms with E-state index in [1.165, 1.54) is 5.15 Å². The molecule has 0 heterocycles. The quantitative estimate of drug-likeness (QED) is 0.425. The topological polar surface area (TPSA) is 40.7 Å². The van der Waals surface area contributed by atoms with Crippen LogP contribution in [0.25, 0.3) is 0 Å². The summed E-state index contributed by atoms with van der Waals surface area (Å²) in [6.45, 7) is 0. The summed E-state index contributed by atoms with van der Waals surface area (Å²) >= 11 is 0. The number of hydrogen-bond donors (Lipinski definition) is 0. The van der Waals surface area contributed by atoms with Crippen molar-refractivity contribution in [1.82, 2.24) is 0 Å². The first-order valence-electron chi connectivity index (χ1n) is 0.451. The highest BCUT2D eigenvalue weighted by Gasteiger charge is 1.42. The molecule has 2 nitrogen and oxygen atoms in total. The van der Waals surface area contributed by atoms with Gasteiger partial charge in [0.15, 0.2) is 0 Å². The molecule has 0 radical (unpaired) electrons. The second-order valence-corrected chi connectivity index (χ2v) is 0.0583. The van der Waals surface area contributed by atoms with Crippen LogP contribution in [0.1, 0.15) is 0 Å². The van der Waals surface area contributed by atoms with Crippen molar-refractivity contribution >= 4 is 0 Å². The van der Waals surface area contributed by atoms with Crippen LogP contribution in [0.3, 0.4) is 0 Å². The number of halogens is 4. The minimum atomic E-state index is 0. The summed E-state index contributed by atoms with van der Waals surface area (Å²) in [5.41, 5.74) is 0. The van der Waals surface area contributed by atoms with Crippen molar-refractivity contribution in [2.24, 2.45) is 0 Å². The molecule has 6 heteroatoms. The first-order chi connectivity index (χ1) is 2.41. The van der Waals surface area contributed by atoms with Crippen LogP contribution in [-0.2, 0) is 5.15 Å². The van der Waals surface area contributed by atoms with Crippen LogP contribution in [0.2, 0.25) is 0 Å². The fourth-order valence-corrected chi connectivity index (χ4v) is 0. The monoisotopic (exact) mass is 110 g/mol. The average molecular weight is 110 g/mol. The highest BCUT2D eigenvalue weighted by molar-refractivity contribution is 2.51. The van der Waals surface area contributed by atoms with Crippen molar-refractivity contribution < 1.29 is 28.8 Å². The van der Waals surface area contributed by atoms with Gasteiger partial charge in [0.2, 0.25) is 0 Å². The first-order valence-corrected chi connectivity index (χ1v) is 0.451. The summed E-state index contributed by atoms with van der Waals surface area (Å²) in [7, 11) is 0. The zero-order valence-electron chi connectivity index (χ0n) is 2.42. The van der Waals surface area contributed by atoms with E-state index in [-0.39, 0.29) is 5.48 Å². The molecule has 0 aromatic carbocycles. The molecule has 0 aromatic heterocycles. The minimum Gasteiger partial charge on any atom is -0.412 e. The van der Waals surface area contributed by atoms with Crippen molar-refractivity contribution in [3.8, 4) is 0 Å². The molecule has 0 aliphatic rings. The van der Waals surface area contributed by atoms with Crippen molar-refractivity contribution in [2.45, 2.75) is 0 Å². The van der Waals surface area contributed by atoms with Gasteiger partial charge >= 0.3 is 0 Å². The van der Waals surface area contributed by atoms with Gasteiger partial charge in [0.25, 0.3) is 0 Å². The van der Waals surface area contributed by atoms with Crippen LogP contribution in [-0.4, -0.2) is 5.48 Å². The molecule has 0 spiro atoms. The Kier molecular flexibility index (Phi) is 436. The van der Waals surface area contributed by atoms with Gasteiger partial charge in [-0.05, 0) is 9.05 Å². The van der Waals surface area contributed by atoms with Crippen molar-refractivity contribution in [2.75, 3.05) is 0 Å². The van der Waals surface area contributed by atoms with Crippen LogP contribution < -0.4 is 0 Å². The van der Waals surface area contributed by atoms with E-state index in [2.05, 4.69) is 0 Å². The fourth-order valence-electron chi connectivity index (χ4n) is 0. The van der Waals surface area contributed by atoms with Crippen molar-refractivity contribution in [3.63, 3.8) is 0 Å². The third-order valence-electron chi connectivity index (χ3n) is 0. The molecule has 0 rings (SSSR count). The highest BCUT2D eigenvalue weighted by atomic mass is 20.0. The van der Waals surface area contributed by atoms with Gasteiger partial charge in [0, 0.05) is 14.3 Å². The van der Waals surface area contributed by atoms with Gasteiger partial charge in [-0.1, -0.05) is 0 Å². The molecule has 2 N–H and O–H groups in total. The molecular weight excluding hydrogens is 108 g/mol. The Hall–Kier alpha value is -0.360. The molecule has 0 saturated heterocycles. The van der Waals surface area contributed by atoms with E-state index in [1.54, 1.807) is 0 Å². The maximum absolute atomic E-state index is 9.12. The van der Waals surface area contributed by atoms with Crippen molar-refractivity contribution in [1.29, 1.82) is 0 Å². The fraction of sp³-hybridized carbons (Fsp3) is 0. The van der Waals surface area contributed by atoms with Crippen molar-refractivity contribution in [3.05, 3.63) is 0 Å². The molecule has 42 valence electrons. The van der Waals surface area contributed by atoms with E-state index < -0.39 is 0 Å². The predicted octanol–water partition coefficient (Wildman–Crippen LogP) is 0.788. The molecule has 0 aromatic rings. The summed E-state index contributed by atoms with van der Waals surface area (Å²) in [5.74, 6) is 0. The maximum atomic E-state index is 9.12. The molecule has 6 heavy (non-hydrogen) atoms. The Labute approximate surface area is 30.3 Å². The molecule has 0 bridgehead atoms. The SMILES string of the molecule is FF.FOF.O. The molecule has 0 saturated carbocycles. The second-order valence-electron chi connectivity index (χ2n) is 0.0583. The van der Waals surface area contributed by atoms with Crippen LogP contribution in [0.15, 0.2) is 0 Å². The summed E-state index contributed by atoms with van der Waals surface area (Å²) in [6.07, 6.45) is 0. The first kappa shape index (κ1) is 17.4. The largest absolute Gasteiger partial charge is 0.412 e. The lowest BCUT2D eigenvalue weighted by Gasteiger charge is -1.41. The normalized spacial score (nSPS) is 4.00. The molecule has 0 amide bonds. The molecule has 0 aliphatic heterocycles. The third-order valence-corrected chi connectivity index (χ3v) is 0. The van der Waals surface area contributed by atoms with Crippen LogP contribution in [0.5, 0.6) is 0 Å². The zero-order chi connectivity index (χ0) is 4.71. The standard InChI is InChI=1S/F2O.F2.H2O/c1-3-2;1-2;/h;;1H2. The number of hydrogen-bond acceptors (Lipinski definition) is 1. The minimum absolute atomic E-state index is 0. The van der Waals surface area contributed by atoms with Gasteiger partial charge in [0.1, 0.15) is 0 Å². The van der Waals surface area contributed by atoms with E-state index in [9.17, 15) is 0 Å². The van der Waals surface area contributed by atoms with Crippen LogP contribution in [0, 0.1) is 0 Å². The summed E-state index contributed by atoms with van der Waals surface area (Å²) < 4.78 is 34.2. The maximum Gasteiger partial charge on any atom is 0.0209 e. The molecular formula is H2F4O2. The Balaban J connectivity index is -0.0000000275. The van der Waals surface area contributed by atoms with Gasteiger partial charge in [-0.15, -0.1) is 0 Å². The average Bonchev–Trinajstić information content (AvgIpc) is 1.46. The van der Waals surface area contributed by atoms with Crippen LogP contribution in [0.4, 0.5) is 18.2 Å². The van der Waals surface area contributed by atoms with Gasteiger partial charge in [-0.2, -0.15) is 0 Å². The third kappa shape index (κ3) is 196. The molecule has 0 unspecified atom stereocenters. The van der Waals surface area contributed by atoms with E-state index in [4.69, 9.17) is 18.2 Å². The Morgan fingerprint density at radius 2 is 1.00 bits per heavy atom. The zero-order valence-corrected chi connectivity index (χ0v) is 2.42. The molecule has 0 fully saturated rings. The summed E-state index contributed by atoms with van der Waals surface area (Å²) in [6, 6.07) is 0.